The second-order valence-electron chi connectivity index (χ2n) is 11.9. The third-order valence-electron chi connectivity index (χ3n) is 7.69. The first-order valence-corrected chi connectivity index (χ1v) is 14.8. The molecule has 8 nitrogen and oxygen atoms in total. The summed E-state index contributed by atoms with van der Waals surface area (Å²) in [6.07, 6.45) is -4.68. The summed E-state index contributed by atoms with van der Waals surface area (Å²) in [6, 6.07) is 8.05. The SMILES string of the molecule is Cc1c(-c2ccc(C#CC(C)(C)O)nc2C(Cc2cc(F)cc(F)c2)NC(=O)CN=C2C(=C(N)C(F)F)CCC2(F)F)ccc(=N)n1C. The van der Waals surface area contributed by atoms with Crippen molar-refractivity contribution in [2.24, 2.45) is 17.8 Å². The van der Waals surface area contributed by atoms with Crippen LogP contribution in [0.3, 0.4) is 0 Å². The maximum atomic E-state index is 14.6. The van der Waals surface area contributed by atoms with Crippen LogP contribution in [-0.4, -0.2) is 50.8 Å². The molecule has 1 unspecified atom stereocenters. The standard InChI is InChI=1S/C34H34F6N6O2/c1-18-23(7-8-27(41)46(18)4)24-6-5-22(9-11-33(2,3)48)44-30(24)26(15-19-13-20(35)16-21(36)14-19)45-28(47)17-43-31-25(29(42)32(37)38)10-12-34(31,39)40/h5-8,13-14,16,26,32,41,48H,10,12,15,17,42H2,1-4H3,(H,45,47). The lowest BCUT2D eigenvalue weighted by molar-refractivity contribution is -0.120. The topological polar surface area (TPSA) is 129 Å². The van der Waals surface area contributed by atoms with Crippen LogP contribution >= 0.6 is 0 Å². The highest BCUT2D eigenvalue weighted by Crippen LogP contribution is 2.38. The molecule has 0 spiro atoms. The van der Waals surface area contributed by atoms with Crippen molar-refractivity contribution in [3.8, 4) is 23.0 Å². The first-order chi connectivity index (χ1) is 22.4. The zero-order chi connectivity index (χ0) is 35.6. The quantitative estimate of drug-likeness (QED) is 0.198. The molecule has 2 aromatic heterocycles. The molecule has 1 saturated carbocycles. The van der Waals surface area contributed by atoms with Gasteiger partial charge in [-0.15, -0.1) is 0 Å². The van der Waals surface area contributed by atoms with Crippen molar-refractivity contribution >= 4 is 11.6 Å². The molecule has 0 saturated heterocycles. The fraction of sp³-hybridized carbons (Fsp3) is 0.353. The van der Waals surface area contributed by atoms with Crippen molar-refractivity contribution in [2.45, 2.75) is 64.0 Å². The van der Waals surface area contributed by atoms with Crippen LogP contribution in [0.15, 0.2) is 58.7 Å². The number of allylic oxidation sites excluding steroid dienone is 2. The van der Waals surface area contributed by atoms with Gasteiger partial charge in [-0.3, -0.25) is 15.2 Å². The average Bonchev–Trinajstić information content (AvgIpc) is 3.29. The number of nitrogens with zero attached hydrogens (tertiary/aromatic N) is 3. The fourth-order valence-corrected chi connectivity index (χ4v) is 5.23. The lowest BCUT2D eigenvalue weighted by Crippen LogP contribution is -2.34. The number of aromatic nitrogens is 2. The van der Waals surface area contributed by atoms with E-state index in [1.807, 2.05) is 0 Å². The monoisotopic (exact) mass is 672 g/mol. The lowest BCUT2D eigenvalue weighted by Gasteiger charge is -2.23. The zero-order valence-electron chi connectivity index (χ0n) is 26.6. The van der Waals surface area contributed by atoms with Gasteiger partial charge in [0.25, 0.3) is 12.3 Å². The Balaban J connectivity index is 1.86. The predicted octanol–water partition coefficient (Wildman–Crippen LogP) is 5.02. The molecule has 1 fully saturated rings. The Morgan fingerprint density at radius 2 is 1.81 bits per heavy atom. The summed E-state index contributed by atoms with van der Waals surface area (Å²) in [6.45, 7) is 3.78. The minimum Gasteiger partial charge on any atom is -0.397 e. The van der Waals surface area contributed by atoms with E-state index in [9.17, 15) is 36.2 Å². The molecule has 48 heavy (non-hydrogen) atoms. The van der Waals surface area contributed by atoms with Crippen LogP contribution in [0.1, 0.15) is 55.4 Å². The number of carbonyl (C=O) groups excluding carboxylic acids is 1. The van der Waals surface area contributed by atoms with E-state index in [1.165, 1.54) is 19.9 Å². The number of carbonyl (C=O) groups is 1. The Bertz CT molecular complexity index is 1900. The first-order valence-electron chi connectivity index (χ1n) is 14.8. The second kappa shape index (κ2) is 14.1. The number of halogens is 6. The van der Waals surface area contributed by atoms with Gasteiger partial charge in [-0.2, -0.15) is 8.78 Å². The maximum Gasteiger partial charge on any atom is 0.289 e. The summed E-state index contributed by atoms with van der Waals surface area (Å²) in [5.41, 5.74) is 3.75. The first kappa shape index (κ1) is 35.9. The minimum atomic E-state index is -3.59. The number of alkyl halides is 4. The smallest absolute Gasteiger partial charge is 0.289 e. The van der Waals surface area contributed by atoms with Crippen LogP contribution in [0.4, 0.5) is 26.3 Å². The van der Waals surface area contributed by atoms with Gasteiger partial charge in [-0.1, -0.05) is 5.92 Å². The molecular weight excluding hydrogens is 638 g/mol. The van der Waals surface area contributed by atoms with E-state index in [1.54, 1.807) is 36.7 Å². The predicted molar refractivity (Wildman–Crippen MR) is 167 cm³/mol. The van der Waals surface area contributed by atoms with Gasteiger partial charge in [-0.05, 0) is 81.5 Å². The van der Waals surface area contributed by atoms with Crippen LogP contribution in [0.2, 0.25) is 0 Å². The molecule has 0 radical (unpaired) electrons. The summed E-state index contributed by atoms with van der Waals surface area (Å²) in [5.74, 6) is -0.868. The molecule has 2 heterocycles. The summed E-state index contributed by atoms with van der Waals surface area (Å²) >= 11 is 0. The van der Waals surface area contributed by atoms with Gasteiger partial charge < -0.3 is 20.7 Å². The number of hydrogen-bond donors (Lipinski definition) is 4. The number of hydrogen-bond acceptors (Lipinski definition) is 6. The van der Waals surface area contributed by atoms with Crippen molar-refractivity contribution in [1.82, 2.24) is 14.9 Å². The van der Waals surface area contributed by atoms with Crippen LogP contribution in [0.5, 0.6) is 0 Å². The average molecular weight is 673 g/mol. The van der Waals surface area contributed by atoms with Crippen LogP contribution < -0.4 is 16.5 Å². The number of pyridine rings is 2. The summed E-state index contributed by atoms with van der Waals surface area (Å²) in [4.78, 5) is 21.7. The highest BCUT2D eigenvalue weighted by Gasteiger charge is 2.45. The number of nitrogens with one attached hydrogen (secondary N) is 2. The number of aliphatic imine (C=N–C) groups is 1. The lowest BCUT2D eigenvalue weighted by atomic mass is 9.94. The van der Waals surface area contributed by atoms with E-state index in [0.717, 1.165) is 12.1 Å². The Morgan fingerprint density at radius 1 is 1.17 bits per heavy atom. The summed E-state index contributed by atoms with van der Waals surface area (Å²) < 4.78 is 86.0. The fourth-order valence-electron chi connectivity index (χ4n) is 5.23. The van der Waals surface area contributed by atoms with Crippen molar-refractivity contribution < 1.29 is 36.2 Å². The van der Waals surface area contributed by atoms with Crippen LogP contribution in [0.25, 0.3) is 11.1 Å². The third-order valence-corrected chi connectivity index (χ3v) is 7.69. The van der Waals surface area contributed by atoms with E-state index in [4.69, 9.17) is 11.1 Å². The van der Waals surface area contributed by atoms with Crippen molar-refractivity contribution in [3.05, 3.63) is 93.5 Å². The number of aliphatic hydroxyl groups is 1. The molecule has 4 rings (SSSR count). The van der Waals surface area contributed by atoms with Gasteiger partial charge >= 0.3 is 0 Å². The van der Waals surface area contributed by atoms with Gasteiger partial charge in [0.15, 0.2) is 0 Å². The molecule has 1 amide bonds. The molecule has 14 heteroatoms. The summed E-state index contributed by atoms with van der Waals surface area (Å²) in [7, 11) is 1.67. The Hall–Kier alpha value is -4.90. The molecule has 1 atom stereocenters. The molecule has 1 aromatic carbocycles. The molecular formula is C34H34F6N6O2. The number of nitrogens with two attached hydrogens (primary N) is 1. The van der Waals surface area contributed by atoms with Gasteiger partial charge in [0.2, 0.25) is 5.91 Å². The zero-order valence-corrected chi connectivity index (χ0v) is 26.6. The van der Waals surface area contributed by atoms with Crippen molar-refractivity contribution in [2.75, 3.05) is 6.54 Å². The summed E-state index contributed by atoms with van der Waals surface area (Å²) in [5, 5.41) is 21.0. The Morgan fingerprint density at radius 3 is 2.44 bits per heavy atom. The molecule has 3 aromatic rings. The highest BCUT2D eigenvalue weighted by atomic mass is 19.3. The van der Waals surface area contributed by atoms with E-state index in [-0.39, 0.29) is 28.9 Å². The normalized spacial score (nSPS) is 16.9. The minimum absolute atomic E-state index is 0.117. The number of amides is 1. The van der Waals surface area contributed by atoms with E-state index >= 15 is 0 Å². The van der Waals surface area contributed by atoms with Crippen LogP contribution in [0, 0.1) is 35.8 Å². The molecule has 254 valence electrons. The largest absolute Gasteiger partial charge is 0.397 e. The van der Waals surface area contributed by atoms with Gasteiger partial charge in [0, 0.05) is 41.9 Å². The third kappa shape index (κ3) is 8.51. The van der Waals surface area contributed by atoms with E-state index in [0.29, 0.717) is 22.9 Å². The highest BCUT2D eigenvalue weighted by molar-refractivity contribution is 6.08. The molecule has 1 aliphatic rings. The van der Waals surface area contributed by atoms with Crippen LogP contribution in [-0.2, 0) is 18.3 Å². The van der Waals surface area contributed by atoms with E-state index in [2.05, 4.69) is 27.1 Å². The Kier molecular flexibility index (Phi) is 10.5. The second-order valence-corrected chi connectivity index (χ2v) is 11.9. The molecule has 5 N–H and O–H groups in total. The number of rotatable bonds is 8. The number of benzene rings is 1. The van der Waals surface area contributed by atoms with Gasteiger partial charge in [-0.25, -0.2) is 22.5 Å². The molecule has 0 bridgehead atoms. The van der Waals surface area contributed by atoms with E-state index < -0.39 is 77.9 Å². The molecule has 0 aliphatic heterocycles. The Labute approximate surface area is 272 Å². The van der Waals surface area contributed by atoms with Gasteiger partial charge in [0.1, 0.15) is 40.7 Å². The molecule has 1 aliphatic carbocycles. The van der Waals surface area contributed by atoms with Gasteiger partial charge in [0.05, 0.1) is 17.4 Å². The van der Waals surface area contributed by atoms with Crippen molar-refractivity contribution in [1.29, 1.82) is 5.41 Å². The maximum absolute atomic E-state index is 14.6. The van der Waals surface area contributed by atoms with Crippen molar-refractivity contribution in [3.63, 3.8) is 0 Å².